The highest BCUT2D eigenvalue weighted by atomic mass is 16.4. The lowest BCUT2D eigenvalue weighted by Gasteiger charge is -2.29. The number of aryl methyl sites for hydroxylation is 2. The van der Waals surface area contributed by atoms with Crippen molar-refractivity contribution in [3.8, 4) is 0 Å². The van der Waals surface area contributed by atoms with E-state index in [0.29, 0.717) is 17.2 Å². The van der Waals surface area contributed by atoms with Crippen LogP contribution in [0.5, 0.6) is 0 Å². The van der Waals surface area contributed by atoms with Crippen LogP contribution in [0.4, 0.5) is 0 Å². The van der Waals surface area contributed by atoms with E-state index in [1.807, 2.05) is 25.1 Å². The summed E-state index contributed by atoms with van der Waals surface area (Å²) in [4.78, 5) is 16.1. The van der Waals surface area contributed by atoms with Crippen molar-refractivity contribution in [2.45, 2.75) is 25.9 Å². The second-order valence-corrected chi connectivity index (χ2v) is 4.69. The number of hydrogen-bond acceptors (Lipinski definition) is 4. The fourth-order valence-electron chi connectivity index (χ4n) is 2.27. The van der Waals surface area contributed by atoms with Gasteiger partial charge in [-0.3, -0.25) is 5.32 Å². The maximum absolute atomic E-state index is 11.9. The Bertz CT molecular complexity index is 609. The van der Waals surface area contributed by atoms with Gasteiger partial charge in [0.2, 0.25) is 0 Å². The summed E-state index contributed by atoms with van der Waals surface area (Å²) < 4.78 is 1.62. The smallest absolute Gasteiger partial charge is 0.330 e. The molecule has 0 fully saturated rings. The number of rotatable bonds is 5. The van der Waals surface area contributed by atoms with Gasteiger partial charge in [-0.2, -0.15) is 5.10 Å². The average Bonchev–Trinajstić information content (AvgIpc) is 2.74. The molecule has 1 heterocycles. The van der Waals surface area contributed by atoms with Crippen LogP contribution in [-0.2, 0) is 16.9 Å². The Labute approximate surface area is 117 Å². The molecule has 2 aromatic rings. The molecular weight excluding hydrogens is 256 g/mol. The lowest BCUT2D eigenvalue weighted by atomic mass is 9.90. The van der Waals surface area contributed by atoms with E-state index in [1.54, 1.807) is 30.8 Å². The molecule has 1 aromatic carbocycles. The fourth-order valence-corrected chi connectivity index (χ4v) is 2.27. The van der Waals surface area contributed by atoms with Crippen molar-refractivity contribution in [3.05, 3.63) is 47.5 Å². The van der Waals surface area contributed by atoms with Gasteiger partial charge in [0.25, 0.3) is 0 Å². The lowest BCUT2D eigenvalue weighted by molar-refractivity contribution is -0.146. The summed E-state index contributed by atoms with van der Waals surface area (Å²) in [5, 5.41) is 16.9. The Morgan fingerprint density at radius 1 is 1.35 bits per heavy atom. The predicted molar refractivity (Wildman–Crippen MR) is 74.3 cm³/mol. The molecule has 0 aliphatic heterocycles. The van der Waals surface area contributed by atoms with Crippen LogP contribution >= 0.6 is 0 Å². The van der Waals surface area contributed by atoms with Gasteiger partial charge in [-0.25, -0.2) is 14.5 Å². The molecule has 2 N–H and O–H groups in total. The molecule has 0 spiro atoms. The Morgan fingerprint density at radius 2 is 2.00 bits per heavy atom. The van der Waals surface area contributed by atoms with Crippen LogP contribution in [0.3, 0.4) is 0 Å². The number of nitrogens with one attached hydrogen (secondary N) is 1. The molecule has 0 saturated carbocycles. The second-order valence-electron chi connectivity index (χ2n) is 4.69. The number of aromatic nitrogens is 3. The highest BCUT2D eigenvalue weighted by molar-refractivity contribution is 5.80. The van der Waals surface area contributed by atoms with Gasteiger partial charge in [-0.1, -0.05) is 30.3 Å². The normalized spacial score (nSPS) is 13.9. The summed E-state index contributed by atoms with van der Waals surface area (Å²) in [6, 6.07) is 9.09. The van der Waals surface area contributed by atoms with Crippen LogP contribution < -0.4 is 5.32 Å². The van der Waals surface area contributed by atoms with Gasteiger partial charge in [-0.15, -0.1) is 0 Å². The molecule has 0 saturated heterocycles. The molecule has 0 amide bonds. The lowest BCUT2D eigenvalue weighted by Crippen LogP contribution is -2.51. The van der Waals surface area contributed by atoms with E-state index in [0.717, 1.165) is 0 Å². The monoisotopic (exact) mass is 274 g/mol. The van der Waals surface area contributed by atoms with Gasteiger partial charge < -0.3 is 5.11 Å². The molecule has 0 aliphatic rings. The highest BCUT2D eigenvalue weighted by Crippen LogP contribution is 2.23. The van der Waals surface area contributed by atoms with Gasteiger partial charge in [0.1, 0.15) is 11.6 Å². The molecule has 6 heteroatoms. The zero-order chi connectivity index (χ0) is 14.8. The standard InChI is InChI=1S/C14H18N4O2/c1-10-16-11(2)18(17-10)9-14(15-3,13(19)20)12-7-5-4-6-8-12/h4-8,15H,9H2,1-3H3,(H,19,20). The third-order valence-corrected chi connectivity index (χ3v) is 3.41. The first-order valence-corrected chi connectivity index (χ1v) is 6.35. The zero-order valence-corrected chi connectivity index (χ0v) is 11.8. The van der Waals surface area contributed by atoms with Gasteiger partial charge in [-0.05, 0) is 26.5 Å². The van der Waals surface area contributed by atoms with Crippen molar-refractivity contribution < 1.29 is 9.90 Å². The number of nitrogens with zero attached hydrogens (tertiary/aromatic N) is 3. The Kier molecular flexibility index (Phi) is 3.85. The maximum Gasteiger partial charge on any atom is 0.330 e. The van der Waals surface area contributed by atoms with E-state index < -0.39 is 11.5 Å². The highest BCUT2D eigenvalue weighted by Gasteiger charge is 2.40. The zero-order valence-electron chi connectivity index (χ0n) is 11.8. The largest absolute Gasteiger partial charge is 0.480 e. The molecule has 0 aliphatic carbocycles. The van der Waals surface area contributed by atoms with E-state index in [-0.39, 0.29) is 6.54 Å². The molecular formula is C14H18N4O2. The summed E-state index contributed by atoms with van der Waals surface area (Å²) in [7, 11) is 1.64. The van der Waals surface area contributed by atoms with Crippen LogP contribution in [0.15, 0.2) is 30.3 Å². The number of carboxylic acid groups (broad SMARTS) is 1. The Morgan fingerprint density at radius 3 is 2.45 bits per heavy atom. The van der Waals surface area contributed by atoms with Crippen molar-refractivity contribution in [1.82, 2.24) is 20.1 Å². The van der Waals surface area contributed by atoms with E-state index in [1.165, 1.54) is 0 Å². The van der Waals surface area contributed by atoms with Gasteiger partial charge in [0.05, 0.1) is 6.54 Å². The van der Waals surface area contributed by atoms with E-state index in [4.69, 9.17) is 0 Å². The summed E-state index contributed by atoms with van der Waals surface area (Å²) in [6.45, 7) is 3.77. The SMILES string of the molecule is CNC(Cn1nc(C)nc1C)(C(=O)O)c1ccccc1. The fraction of sp³-hybridized carbons (Fsp3) is 0.357. The average molecular weight is 274 g/mol. The molecule has 106 valence electrons. The van der Waals surface area contributed by atoms with Gasteiger partial charge in [0, 0.05) is 0 Å². The van der Waals surface area contributed by atoms with Crippen LogP contribution in [-0.4, -0.2) is 32.9 Å². The van der Waals surface area contributed by atoms with Crippen LogP contribution in [0, 0.1) is 13.8 Å². The maximum atomic E-state index is 11.9. The minimum atomic E-state index is -1.23. The third kappa shape index (κ3) is 2.42. The van der Waals surface area contributed by atoms with Crippen LogP contribution in [0.25, 0.3) is 0 Å². The Balaban J connectivity index is 2.48. The number of aliphatic carboxylic acids is 1. The van der Waals surface area contributed by atoms with Crippen LogP contribution in [0.2, 0.25) is 0 Å². The minimum absolute atomic E-state index is 0.176. The molecule has 6 nitrogen and oxygen atoms in total. The first-order chi connectivity index (χ1) is 9.49. The summed E-state index contributed by atoms with van der Waals surface area (Å²) in [6.07, 6.45) is 0. The second kappa shape index (κ2) is 5.42. The molecule has 1 unspecified atom stereocenters. The molecule has 0 radical (unpaired) electrons. The summed E-state index contributed by atoms with van der Waals surface area (Å²) in [5.41, 5.74) is -0.547. The van der Waals surface area contributed by atoms with Crippen LogP contribution in [0.1, 0.15) is 17.2 Å². The van der Waals surface area contributed by atoms with E-state index in [9.17, 15) is 9.90 Å². The Hall–Kier alpha value is -2.21. The van der Waals surface area contributed by atoms with Crippen molar-refractivity contribution in [3.63, 3.8) is 0 Å². The first kappa shape index (κ1) is 14.2. The number of likely N-dealkylation sites (N-methyl/N-ethyl adjacent to an activating group) is 1. The van der Waals surface area contributed by atoms with Gasteiger partial charge >= 0.3 is 5.97 Å². The van der Waals surface area contributed by atoms with E-state index in [2.05, 4.69) is 15.4 Å². The quantitative estimate of drug-likeness (QED) is 0.853. The van der Waals surface area contributed by atoms with Crippen molar-refractivity contribution in [2.24, 2.45) is 0 Å². The number of carboxylic acids is 1. The molecule has 20 heavy (non-hydrogen) atoms. The van der Waals surface area contributed by atoms with Crippen molar-refractivity contribution >= 4 is 5.97 Å². The molecule has 1 atom stereocenters. The summed E-state index contributed by atoms with van der Waals surface area (Å²) in [5.74, 6) is 0.379. The molecule has 1 aromatic heterocycles. The predicted octanol–water partition coefficient (Wildman–Crippen LogP) is 1.09. The topological polar surface area (TPSA) is 80.0 Å². The molecule has 2 rings (SSSR count). The number of carbonyl (C=O) groups is 1. The number of benzene rings is 1. The van der Waals surface area contributed by atoms with E-state index >= 15 is 0 Å². The first-order valence-electron chi connectivity index (χ1n) is 6.35. The minimum Gasteiger partial charge on any atom is -0.480 e. The number of hydrogen-bond donors (Lipinski definition) is 2. The van der Waals surface area contributed by atoms with Gasteiger partial charge in [0.15, 0.2) is 5.54 Å². The summed E-state index contributed by atoms with van der Waals surface area (Å²) >= 11 is 0. The van der Waals surface area contributed by atoms with Crippen molar-refractivity contribution in [2.75, 3.05) is 7.05 Å². The third-order valence-electron chi connectivity index (χ3n) is 3.41. The molecule has 0 bridgehead atoms. The van der Waals surface area contributed by atoms with Crippen molar-refractivity contribution in [1.29, 1.82) is 0 Å².